The molecule has 0 radical (unpaired) electrons. The summed E-state index contributed by atoms with van der Waals surface area (Å²) in [4.78, 5) is 11.6. The quantitative estimate of drug-likeness (QED) is 0.553. The highest BCUT2D eigenvalue weighted by atomic mass is 32.2. The standard InChI is InChI=1S/C11H24N2O4S/c1-4-8-18(16,17)13-9(3)11(15)12-7-6-10(14)5-2/h9-10,13-14H,4-8H2,1-3H3,(H,12,15). The molecule has 2 atom stereocenters. The van der Waals surface area contributed by atoms with Crippen LogP contribution in [0.15, 0.2) is 0 Å². The summed E-state index contributed by atoms with van der Waals surface area (Å²) in [6.45, 7) is 5.45. The lowest BCUT2D eigenvalue weighted by molar-refractivity contribution is -0.122. The lowest BCUT2D eigenvalue weighted by atomic mass is 10.2. The lowest BCUT2D eigenvalue weighted by Gasteiger charge is -2.15. The van der Waals surface area contributed by atoms with Crippen LogP contribution in [-0.4, -0.2) is 43.9 Å². The summed E-state index contributed by atoms with van der Waals surface area (Å²) >= 11 is 0. The van der Waals surface area contributed by atoms with Gasteiger partial charge in [-0.05, 0) is 26.2 Å². The van der Waals surface area contributed by atoms with Gasteiger partial charge in [-0.3, -0.25) is 4.79 Å². The molecule has 3 N–H and O–H groups in total. The molecule has 18 heavy (non-hydrogen) atoms. The maximum atomic E-state index is 11.6. The van der Waals surface area contributed by atoms with Gasteiger partial charge in [0.15, 0.2) is 0 Å². The molecule has 7 heteroatoms. The first-order valence-corrected chi connectivity index (χ1v) is 7.93. The molecule has 0 bridgehead atoms. The van der Waals surface area contributed by atoms with Crippen LogP contribution in [0.1, 0.15) is 40.0 Å². The number of rotatable bonds is 9. The molecular formula is C11H24N2O4S. The number of nitrogens with one attached hydrogen (secondary N) is 2. The van der Waals surface area contributed by atoms with Crippen molar-refractivity contribution in [3.8, 4) is 0 Å². The molecule has 0 heterocycles. The van der Waals surface area contributed by atoms with Gasteiger partial charge >= 0.3 is 0 Å². The molecule has 0 aliphatic rings. The molecule has 6 nitrogen and oxygen atoms in total. The summed E-state index contributed by atoms with van der Waals surface area (Å²) < 4.78 is 25.2. The molecule has 0 aromatic carbocycles. The third kappa shape index (κ3) is 7.62. The van der Waals surface area contributed by atoms with Gasteiger partial charge in [0.2, 0.25) is 15.9 Å². The van der Waals surface area contributed by atoms with Crippen LogP contribution in [0.5, 0.6) is 0 Å². The number of carbonyl (C=O) groups is 1. The minimum absolute atomic E-state index is 0.0131. The monoisotopic (exact) mass is 280 g/mol. The number of carbonyl (C=O) groups excluding carboxylic acids is 1. The number of hydrogen-bond acceptors (Lipinski definition) is 4. The maximum absolute atomic E-state index is 11.6. The van der Waals surface area contributed by atoms with Crippen LogP contribution in [0.4, 0.5) is 0 Å². The van der Waals surface area contributed by atoms with E-state index < -0.39 is 22.2 Å². The van der Waals surface area contributed by atoms with Crippen LogP contribution in [0.2, 0.25) is 0 Å². The van der Waals surface area contributed by atoms with E-state index in [2.05, 4.69) is 10.0 Å². The third-order valence-electron chi connectivity index (χ3n) is 2.47. The van der Waals surface area contributed by atoms with Crippen molar-refractivity contribution in [2.75, 3.05) is 12.3 Å². The number of hydrogen-bond donors (Lipinski definition) is 3. The van der Waals surface area contributed by atoms with Crippen molar-refractivity contribution in [1.82, 2.24) is 10.0 Å². The van der Waals surface area contributed by atoms with Crippen LogP contribution < -0.4 is 10.0 Å². The smallest absolute Gasteiger partial charge is 0.237 e. The van der Waals surface area contributed by atoms with Crippen LogP contribution >= 0.6 is 0 Å². The number of sulfonamides is 1. The molecule has 0 aliphatic heterocycles. The first-order valence-electron chi connectivity index (χ1n) is 6.28. The van der Waals surface area contributed by atoms with E-state index in [4.69, 9.17) is 0 Å². The first-order chi connectivity index (χ1) is 8.32. The summed E-state index contributed by atoms with van der Waals surface area (Å²) in [5.74, 6) is -0.364. The second-order valence-corrected chi connectivity index (χ2v) is 6.17. The van der Waals surface area contributed by atoms with Crippen molar-refractivity contribution >= 4 is 15.9 Å². The van der Waals surface area contributed by atoms with E-state index in [0.29, 0.717) is 25.8 Å². The van der Waals surface area contributed by atoms with Gasteiger partial charge in [0, 0.05) is 6.54 Å². The molecule has 0 saturated carbocycles. The number of aliphatic hydroxyl groups excluding tert-OH is 1. The summed E-state index contributed by atoms with van der Waals surface area (Å²) in [6.07, 6.45) is 1.18. The predicted molar refractivity (Wildman–Crippen MR) is 70.6 cm³/mol. The van der Waals surface area contributed by atoms with E-state index in [0.717, 1.165) is 0 Å². The zero-order chi connectivity index (χ0) is 14.2. The largest absolute Gasteiger partial charge is 0.393 e. The Morgan fingerprint density at radius 2 is 1.94 bits per heavy atom. The van der Waals surface area contributed by atoms with E-state index in [1.165, 1.54) is 6.92 Å². The normalized spacial score (nSPS) is 15.1. The second kappa shape index (κ2) is 8.44. The Balaban J connectivity index is 4.04. The SMILES string of the molecule is CCCS(=O)(=O)NC(C)C(=O)NCCC(O)CC. The van der Waals surface area contributed by atoms with E-state index in [-0.39, 0.29) is 11.7 Å². The van der Waals surface area contributed by atoms with E-state index in [9.17, 15) is 18.3 Å². The zero-order valence-electron chi connectivity index (χ0n) is 11.3. The fraction of sp³-hybridized carbons (Fsp3) is 0.909. The predicted octanol–water partition coefficient (Wildman–Crippen LogP) is -0.0185. The topological polar surface area (TPSA) is 95.5 Å². The molecule has 0 aromatic rings. The van der Waals surface area contributed by atoms with Gasteiger partial charge in [0.05, 0.1) is 17.9 Å². The van der Waals surface area contributed by atoms with E-state index >= 15 is 0 Å². The first kappa shape index (κ1) is 17.3. The van der Waals surface area contributed by atoms with E-state index in [1.54, 1.807) is 6.92 Å². The average Bonchev–Trinajstić information content (AvgIpc) is 2.27. The molecule has 1 amide bonds. The van der Waals surface area contributed by atoms with Crippen molar-refractivity contribution < 1.29 is 18.3 Å². The fourth-order valence-electron chi connectivity index (χ4n) is 1.37. The summed E-state index contributed by atoms with van der Waals surface area (Å²) in [5.41, 5.74) is 0. The molecule has 0 rings (SSSR count). The fourth-order valence-corrected chi connectivity index (χ4v) is 2.67. The van der Waals surface area contributed by atoms with Crippen molar-refractivity contribution in [2.24, 2.45) is 0 Å². The Morgan fingerprint density at radius 3 is 2.44 bits per heavy atom. The highest BCUT2D eigenvalue weighted by Crippen LogP contribution is 1.96. The van der Waals surface area contributed by atoms with Gasteiger partial charge in [-0.25, -0.2) is 13.1 Å². The van der Waals surface area contributed by atoms with Gasteiger partial charge in [-0.15, -0.1) is 0 Å². The molecule has 0 aromatic heterocycles. The van der Waals surface area contributed by atoms with Gasteiger partial charge in [-0.2, -0.15) is 0 Å². The summed E-state index contributed by atoms with van der Waals surface area (Å²) in [5, 5.41) is 11.9. The molecular weight excluding hydrogens is 256 g/mol. The number of aliphatic hydroxyl groups is 1. The Morgan fingerprint density at radius 1 is 1.33 bits per heavy atom. The Labute approximate surface area is 109 Å². The minimum atomic E-state index is -3.38. The average molecular weight is 280 g/mol. The Hall–Kier alpha value is -0.660. The Kier molecular flexibility index (Phi) is 8.13. The van der Waals surface area contributed by atoms with Crippen molar-refractivity contribution in [1.29, 1.82) is 0 Å². The molecule has 0 saturated heterocycles. The molecule has 2 unspecified atom stereocenters. The third-order valence-corrected chi connectivity index (χ3v) is 4.13. The highest BCUT2D eigenvalue weighted by Gasteiger charge is 2.19. The van der Waals surface area contributed by atoms with Crippen molar-refractivity contribution in [2.45, 2.75) is 52.2 Å². The summed E-state index contributed by atoms with van der Waals surface area (Å²) in [6, 6.07) is -0.791. The van der Waals surface area contributed by atoms with Gasteiger partial charge in [0.25, 0.3) is 0 Å². The van der Waals surface area contributed by atoms with Crippen LogP contribution in [0.3, 0.4) is 0 Å². The van der Waals surface area contributed by atoms with Crippen LogP contribution in [0, 0.1) is 0 Å². The van der Waals surface area contributed by atoms with E-state index in [1.807, 2.05) is 6.92 Å². The van der Waals surface area contributed by atoms with Crippen LogP contribution in [-0.2, 0) is 14.8 Å². The minimum Gasteiger partial charge on any atom is -0.393 e. The number of amides is 1. The molecule has 0 spiro atoms. The molecule has 108 valence electrons. The molecule has 0 fully saturated rings. The maximum Gasteiger partial charge on any atom is 0.237 e. The van der Waals surface area contributed by atoms with Crippen LogP contribution in [0.25, 0.3) is 0 Å². The van der Waals surface area contributed by atoms with Crippen molar-refractivity contribution in [3.05, 3.63) is 0 Å². The Bertz CT molecular complexity index is 343. The zero-order valence-corrected chi connectivity index (χ0v) is 12.1. The van der Waals surface area contributed by atoms with Crippen molar-refractivity contribution in [3.63, 3.8) is 0 Å². The van der Waals surface area contributed by atoms with Gasteiger partial charge in [0.1, 0.15) is 0 Å². The van der Waals surface area contributed by atoms with Gasteiger partial charge < -0.3 is 10.4 Å². The highest BCUT2D eigenvalue weighted by molar-refractivity contribution is 7.89. The lowest BCUT2D eigenvalue weighted by Crippen LogP contribution is -2.45. The summed E-state index contributed by atoms with van der Waals surface area (Å²) in [7, 11) is -3.38. The van der Waals surface area contributed by atoms with Gasteiger partial charge in [-0.1, -0.05) is 13.8 Å². The second-order valence-electron chi connectivity index (χ2n) is 4.30. The molecule has 0 aliphatic carbocycles.